The molecule has 1 aliphatic heterocycles. The molecule has 7 nitrogen and oxygen atoms in total. The highest BCUT2D eigenvalue weighted by molar-refractivity contribution is 6.33. The van der Waals surface area contributed by atoms with Gasteiger partial charge in [-0.15, -0.1) is 0 Å². The summed E-state index contributed by atoms with van der Waals surface area (Å²) in [5.74, 6) is 5.25. The van der Waals surface area contributed by atoms with Gasteiger partial charge in [0.25, 0.3) is 5.91 Å². The highest BCUT2D eigenvalue weighted by Gasteiger charge is 2.27. The van der Waals surface area contributed by atoms with Crippen molar-refractivity contribution in [2.75, 3.05) is 25.1 Å². The number of ether oxygens (including phenoxy) is 1. The number of rotatable bonds is 2. The van der Waals surface area contributed by atoms with Crippen molar-refractivity contribution in [2.24, 2.45) is 5.84 Å². The van der Waals surface area contributed by atoms with Gasteiger partial charge in [-0.2, -0.15) is 5.26 Å². The van der Waals surface area contributed by atoms with Crippen LogP contribution < -0.4 is 11.3 Å². The number of morpholine rings is 1. The first-order valence-electron chi connectivity index (χ1n) is 5.59. The van der Waals surface area contributed by atoms with E-state index >= 15 is 0 Å². The van der Waals surface area contributed by atoms with Crippen molar-refractivity contribution in [3.05, 3.63) is 22.8 Å². The molecule has 1 fully saturated rings. The van der Waals surface area contributed by atoms with Gasteiger partial charge in [0.05, 0.1) is 24.2 Å². The fraction of sp³-hybridized carbons (Fsp3) is 0.364. The van der Waals surface area contributed by atoms with Crippen LogP contribution in [-0.2, 0) is 4.74 Å². The topological polar surface area (TPSA) is 104 Å². The van der Waals surface area contributed by atoms with Crippen LogP contribution in [-0.4, -0.2) is 41.6 Å². The van der Waals surface area contributed by atoms with Crippen LogP contribution >= 0.6 is 11.6 Å². The second kappa shape index (κ2) is 5.84. The number of aromatic nitrogens is 1. The van der Waals surface area contributed by atoms with E-state index in [2.05, 4.69) is 10.4 Å². The van der Waals surface area contributed by atoms with Crippen molar-refractivity contribution in [1.29, 1.82) is 5.26 Å². The SMILES string of the molecule is N#CC1CN(C(=O)c2nc(NN)ccc2Cl)CCO1. The molecule has 0 spiro atoms. The third-order valence-electron chi connectivity index (χ3n) is 2.69. The molecule has 1 atom stereocenters. The predicted molar refractivity (Wildman–Crippen MR) is 68.3 cm³/mol. The molecule has 3 N–H and O–H groups in total. The molecule has 8 heteroatoms. The highest BCUT2D eigenvalue weighted by atomic mass is 35.5. The number of nitriles is 1. The zero-order chi connectivity index (χ0) is 13.8. The van der Waals surface area contributed by atoms with Gasteiger partial charge in [-0.3, -0.25) is 4.79 Å². The summed E-state index contributed by atoms with van der Waals surface area (Å²) in [6, 6.07) is 5.08. The average molecular weight is 282 g/mol. The number of carbonyl (C=O) groups excluding carboxylic acids is 1. The number of nitrogen functional groups attached to an aromatic ring is 1. The van der Waals surface area contributed by atoms with Gasteiger partial charge < -0.3 is 15.1 Å². The monoisotopic (exact) mass is 281 g/mol. The van der Waals surface area contributed by atoms with Gasteiger partial charge >= 0.3 is 0 Å². The van der Waals surface area contributed by atoms with Crippen LogP contribution in [0.2, 0.25) is 5.02 Å². The number of halogens is 1. The molecular formula is C11H12ClN5O2. The zero-order valence-corrected chi connectivity index (χ0v) is 10.7. The van der Waals surface area contributed by atoms with Crippen molar-refractivity contribution in [1.82, 2.24) is 9.88 Å². The molecule has 1 aromatic rings. The summed E-state index contributed by atoms with van der Waals surface area (Å²) >= 11 is 5.96. The van der Waals surface area contributed by atoms with Crippen LogP contribution in [0.1, 0.15) is 10.5 Å². The van der Waals surface area contributed by atoms with E-state index in [4.69, 9.17) is 27.4 Å². The Morgan fingerprint density at radius 1 is 1.68 bits per heavy atom. The van der Waals surface area contributed by atoms with Crippen LogP contribution in [0.4, 0.5) is 5.82 Å². The molecule has 0 radical (unpaired) electrons. The molecule has 0 aliphatic carbocycles. The van der Waals surface area contributed by atoms with Crippen molar-refractivity contribution in [3.63, 3.8) is 0 Å². The van der Waals surface area contributed by atoms with Gasteiger partial charge in [0.2, 0.25) is 0 Å². The number of hydrogen-bond acceptors (Lipinski definition) is 6. The number of pyridine rings is 1. The van der Waals surface area contributed by atoms with E-state index < -0.39 is 6.10 Å². The number of hydrogen-bond donors (Lipinski definition) is 2. The Balaban J connectivity index is 2.21. The van der Waals surface area contributed by atoms with Gasteiger partial charge in [0.1, 0.15) is 11.5 Å². The summed E-state index contributed by atoms with van der Waals surface area (Å²) in [4.78, 5) is 17.8. The van der Waals surface area contributed by atoms with Gasteiger partial charge in [-0.05, 0) is 12.1 Å². The van der Waals surface area contributed by atoms with E-state index in [0.29, 0.717) is 19.0 Å². The number of amides is 1. The summed E-state index contributed by atoms with van der Waals surface area (Å²) in [5.41, 5.74) is 2.46. The molecule has 0 saturated carbocycles. The Bertz CT molecular complexity index is 530. The second-order valence-corrected chi connectivity index (χ2v) is 4.32. The standard InChI is InChI=1S/C11H12ClN5O2/c12-8-1-2-9(16-14)15-10(8)11(18)17-3-4-19-7(5-13)6-17/h1-2,7H,3-4,6,14H2,(H,15,16). The lowest BCUT2D eigenvalue weighted by Gasteiger charge is -2.29. The molecule has 100 valence electrons. The van der Waals surface area contributed by atoms with Gasteiger partial charge in [-0.25, -0.2) is 10.8 Å². The maximum Gasteiger partial charge on any atom is 0.274 e. The summed E-state index contributed by atoms with van der Waals surface area (Å²) in [6.45, 7) is 0.916. The number of nitrogens with two attached hydrogens (primary N) is 1. The molecule has 1 unspecified atom stereocenters. The lowest BCUT2D eigenvalue weighted by atomic mass is 10.2. The van der Waals surface area contributed by atoms with Gasteiger partial charge in [0, 0.05) is 6.54 Å². The van der Waals surface area contributed by atoms with Crippen LogP contribution in [0.3, 0.4) is 0 Å². The highest BCUT2D eigenvalue weighted by Crippen LogP contribution is 2.19. The fourth-order valence-electron chi connectivity index (χ4n) is 1.73. The first kappa shape index (κ1) is 13.5. The second-order valence-electron chi connectivity index (χ2n) is 3.91. The number of carbonyl (C=O) groups is 1. The molecule has 1 aromatic heterocycles. The van der Waals surface area contributed by atoms with E-state index in [0.717, 1.165) is 0 Å². The van der Waals surface area contributed by atoms with Crippen LogP contribution in [0.25, 0.3) is 0 Å². The lowest BCUT2D eigenvalue weighted by molar-refractivity contribution is 0.00321. The molecular weight excluding hydrogens is 270 g/mol. The Morgan fingerprint density at radius 2 is 2.47 bits per heavy atom. The first-order valence-corrected chi connectivity index (χ1v) is 5.97. The lowest BCUT2D eigenvalue weighted by Crippen LogP contribution is -2.45. The quantitative estimate of drug-likeness (QED) is 0.600. The smallest absolute Gasteiger partial charge is 0.274 e. The van der Waals surface area contributed by atoms with E-state index in [1.807, 2.05) is 6.07 Å². The maximum atomic E-state index is 12.3. The van der Waals surface area contributed by atoms with E-state index in [9.17, 15) is 4.79 Å². The maximum absolute atomic E-state index is 12.3. The molecule has 19 heavy (non-hydrogen) atoms. The number of nitrogens with one attached hydrogen (secondary N) is 1. The number of hydrazine groups is 1. The van der Waals surface area contributed by atoms with Crippen molar-refractivity contribution in [3.8, 4) is 6.07 Å². The van der Waals surface area contributed by atoms with E-state index in [1.54, 1.807) is 12.1 Å². The van der Waals surface area contributed by atoms with Crippen molar-refractivity contribution >= 4 is 23.3 Å². The van der Waals surface area contributed by atoms with Crippen LogP contribution in [0.15, 0.2) is 12.1 Å². The van der Waals surface area contributed by atoms with Crippen LogP contribution in [0.5, 0.6) is 0 Å². The zero-order valence-electron chi connectivity index (χ0n) is 9.97. The van der Waals surface area contributed by atoms with Crippen LogP contribution in [0, 0.1) is 11.3 Å². The van der Waals surface area contributed by atoms with E-state index in [1.165, 1.54) is 4.90 Å². The van der Waals surface area contributed by atoms with Gasteiger partial charge in [0.15, 0.2) is 6.10 Å². The van der Waals surface area contributed by atoms with E-state index in [-0.39, 0.29) is 23.2 Å². The average Bonchev–Trinajstić information content (AvgIpc) is 2.47. The molecule has 2 heterocycles. The fourth-order valence-corrected chi connectivity index (χ4v) is 1.92. The summed E-state index contributed by atoms with van der Waals surface area (Å²) in [7, 11) is 0. The minimum Gasteiger partial charge on any atom is -0.360 e. The molecule has 0 aromatic carbocycles. The largest absolute Gasteiger partial charge is 0.360 e. The minimum absolute atomic E-state index is 0.107. The molecule has 1 amide bonds. The summed E-state index contributed by atoms with van der Waals surface area (Å²) in [6.07, 6.45) is -0.618. The predicted octanol–water partition coefficient (Wildman–Crippen LogP) is 0.385. The Kier molecular flexibility index (Phi) is 4.16. The minimum atomic E-state index is -0.618. The Morgan fingerprint density at radius 3 is 3.16 bits per heavy atom. The normalized spacial score (nSPS) is 18.8. The molecule has 1 saturated heterocycles. The molecule has 1 aliphatic rings. The summed E-state index contributed by atoms with van der Waals surface area (Å²) < 4.78 is 5.18. The Labute approximate surface area is 114 Å². The third-order valence-corrected chi connectivity index (χ3v) is 3.00. The number of anilines is 1. The summed E-state index contributed by atoms with van der Waals surface area (Å²) in [5, 5.41) is 9.06. The molecule has 0 bridgehead atoms. The number of nitrogens with zero attached hydrogens (tertiary/aromatic N) is 3. The first-order chi connectivity index (χ1) is 9.15. The molecule has 2 rings (SSSR count). The van der Waals surface area contributed by atoms with Crippen molar-refractivity contribution < 1.29 is 9.53 Å². The Hall–Kier alpha value is -1.88. The third kappa shape index (κ3) is 2.93. The van der Waals surface area contributed by atoms with Crippen molar-refractivity contribution in [2.45, 2.75) is 6.10 Å². The van der Waals surface area contributed by atoms with Gasteiger partial charge in [-0.1, -0.05) is 11.6 Å².